The quantitative estimate of drug-likeness (QED) is 0.456. The molecule has 0 radical (unpaired) electrons. The van der Waals surface area contributed by atoms with Gasteiger partial charge in [0.25, 0.3) is 5.91 Å². The number of amides is 2. The van der Waals surface area contributed by atoms with Crippen LogP contribution in [-0.4, -0.2) is 44.5 Å². The molecule has 1 atom stereocenters. The van der Waals surface area contributed by atoms with Gasteiger partial charge in [0.1, 0.15) is 5.75 Å². The Morgan fingerprint density at radius 3 is 2.32 bits per heavy atom. The van der Waals surface area contributed by atoms with Crippen LogP contribution in [0.1, 0.15) is 39.7 Å². The van der Waals surface area contributed by atoms with Gasteiger partial charge in [0.05, 0.1) is 0 Å². The Morgan fingerprint density at radius 1 is 0.941 bits per heavy atom. The van der Waals surface area contributed by atoms with Crippen molar-refractivity contribution in [1.82, 2.24) is 4.90 Å². The monoisotopic (exact) mass is 476 g/mol. The van der Waals surface area contributed by atoms with E-state index in [0.717, 1.165) is 19.3 Å². The van der Waals surface area contributed by atoms with Crippen LogP contribution in [0.15, 0.2) is 84.9 Å². The fourth-order valence-electron chi connectivity index (χ4n) is 4.31. The normalized spacial score (nSPS) is 17.0. The maximum absolute atomic E-state index is 13.0. The number of hydrogen-bond acceptors (Lipinski definition) is 4. The summed E-state index contributed by atoms with van der Waals surface area (Å²) in [5.41, 5.74) is 2.62. The highest BCUT2D eigenvalue weighted by Crippen LogP contribution is 2.37. The molecule has 1 fully saturated rings. The van der Waals surface area contributed by atoms with Crippen LogP contribution in [0.25, 0.3) is 0 Å². The molecule has 1 aliphatic heterocycles. The van der Waals surface area contributed by atoms with Crippen LogP contribution >= 0.6 is 0 Å². The van der Waals surface area contributed by atoms with Gasteiger partial charge in [-0.25, -0.2) is 8.42 Å². The van der Waals surface area contributed by atoms with E-state index in [0.29, 0.717) is 23.4 Å². The Labute approximate surface area is 200 Å². The molecule has 7 heteroatoms. The molecule has 0 N–H and O–H groups in total. The summed E-state index contributed by atoms with van der Waals surface area (Å²) in [5, 5.41) is -1.15. The summed E-state index contributed by atoms with van der Waals surface area (Å²) < 4.78 is 25.8. The number of carbonyl (C=O) groups excluding carboxylic acids is 2. The molecule has 2 amide bonds. The second kappa shape index (κ2) is 10.2. The number of carbonyl (C=O) groups is 2. The molecule has 0 saturated carbocycles. The highest BCUT2D eigenvalue weighted by Gasteiger charge is 2.45. The molecule has 3 aromatic carbocycles. The summed E-state index contributed by atoms with van der Waals surface area (Å²) in [6.45, 7) is 0.603. The van der Waals surface area contributed by atoms with Crippen LogP contribution in [-0.2, 0) is 21.1 Å². The van der Waals surface area contributed by atoms with Gasteiger partial charge in [0, 0.05) is 24.8 Å². The first-order valence-corrected chi connectivity index (χ1v) is 13.1. The van der Waals surface area contributed by atoms with E-state index in [1.807, 2.05) is 24.3 Å². The van der Waals surface area contributed by atoms with Crippen molar-refractivity contribution in [2.24, 2.45) is 0 Å². The molecular weight excluding hydrogens is 448 g/mol. The lowest BCUT2D eigenvalue weighted by molar-refractivity contribution is -0.115. The Morgan fingerprint density at radius 2 is 1.62 bits per heavy atom. The fraction of sp³-hybridized carbons (Fsp3) is 0.259. The third-order valence-corrected chi connectivity index (χ3v) is 7.83. The van der Waals surface area contributed by atoms with Gasteiger partial charge >= 0.3 is 0 Å². The Hall–Kier alpha value is -3.45. The van der Waals surface area contributed by atoms with Crippen molar-refractivity contribution in [3.05, 3.63) is 102 Å². The number of rotatable bonds is 8. The lowest BCUT2D eigenvalue weighted by atomic mass is 10.1. The average molecular weight is 477 g/mol. The van der Waals surface area contributed by atoms with E-state index in [1.165, 1.54) is 10.5 Å². The SMILES string of the molecule is CN(CCCCc1ccccc1)C(=O)c1cccc(C2N(c3ccccc3)C(=O)CS2(=O)=O)c1. The predicted molar refractivity (Wildman–Crippen MR) is 133 cm³/mol. The van der Waals surface area contributed by atoms with Crippen LogP contribution in [0, 0.1) is 0 Å². The molecule has 1 aliphatic rings. The summed E-state index contributed by atoms with van der Waals surface area (Å²) in [4.78, 5) is 28.6. The highest BCUT2D eigenvalue weighted by atomic mass is 32.2. The first kappa shape index (κ1) is 23.7. The van der Waals surface area contributed by atoms with E-state index < -0.39 is 26.9 Å². The van der Waals surface area contributed by atoms with Gasteiger partial charge in [-0.05, 0) is 54.7 Å². The second-order valence-corrected chi connectivity index (χ2v) is 10.6. The number of sulfone groups is 1. The zero-order chi connectivity index (χ0) is 24.1. The fourth-order valence-corrected chi connectivity index (χ4v) is 6.07. The maximum Gasteiger partial charge on any atom is 0.253 e. The van der Waals surface area contributed by atoms with Crippen molar-refractivity contribution in [3.63, 3.8) is 0 Å². The van der Waals surface area contributed by atoms with E-state index in [-0.39, 0.29) is 5.91 Å². The van der Waals surface area contributed by atoms with Gasteiger partial charge in [0.15, 0.2) is 15.2 Å². The Kier molecular flexibility index (Phi) is 7.12. The minimum absolute atomic E-state index is 0.172. The minimum Gasteiger partial charge on any atom is -0.342 e. The molecule has 0 bridgehead atoms. The van der Waals surface area contributed by atoms with Gasteiger partial charge in [-0.3, -0.25) is 14.5 Å². The van der Waals surface area contributed by atoms with Gasteiger partial charge in [-0.1, -0.05) is 60.7 Å². The highest BCUT2D eigenvalue weighted by molar-refractivity contribution is 7.93. The summed E-state index contributed by atoms with van der Waals surface area (Å²) in [7, 11) is -1.99. The van der Waals surface area contributed by atoms with Crippen LogP contribution in [0.4, 0.5) is 5.69 Å². The molecule has 3 aromatic rings. The molecule has 1 heterocycles. The lowest BCUT2D eigenvalue weighted by Gasteiger charge is -2.24. The zero-order valence-corrected chi connectivity index (χ0v) is 19.9. The molecule has 34 heavy (non-hydrogen) atoms. The maximum atomic E-state index is 13.0. The average Bonchev–Trinajstić information content (AvgIpc) is 3.10. The van der Waals surface area contributed by atoms with Crippen molar-refractivity contribution in [1.29, 1.82) is 0 Å². The van der Waals surface area contributed by atoms with Crippen molar-refractivity contribution in [3.8, 4) is 0 Å². The van der Waals surface area contributed by atoms with Crippen LogP contribution in [0.3, 0.4) is 0 Å². The summed E-state index contributed by atoms with van der Waals surface area (Å²) in [5.74, 6) is -1.19. The third kappa shape index (κ3) is 5.20. The topological polar surface area (TPSA) is 74.8 Å². The lowest BCUT2D eigenvalue weighted by Crippen LogP contribution is -2.30. The van der Waals surface area contributed by atoms with Crippen molar-refractivity contribution in [2.45, 2.75) is 24.6 Å². The van der Waals surface area contributed by atoms with Crippen LogP contribution in [0.2, 0.25) is 0 Å². The molecule has 0 spiro atoms. The first-order chi connectivity index (χ1) is 16.4. The Balaban J connectivity index is 1.48. The molecule has 176 valence electrons. The number of hydrogen-bond donors (Lipinski definition) is 0. The summed E-state index contributed by atoms with van der Waals surface area (Å²) in [6, 6.07) is 25.6. The standard InChI is InChI=1S/C27H28N2O4S/c1-28(18-9-8-13-21-11-4-2-5-12-21)26(31)22-14-10-15-23(19-22)27-29(24-16-6-3-7-17-24)25(30)20-34(27,32)33/h2-7,10-12,14-17,19,27H,8-9,13,18,20H2,1H3. The number of anilines is 1. The number of aryl methyl sites for hydroxylation is 1. The zero-order valence-electron chi connectivity index (χ0n) is 19.1. The molecule has 1 unspecified atom stereocenters. The molecule has 1 saturated heterocycles. The number of benzene rings is 3. The Bertz CT molecular complexity index is 1260. The van der Waals surface area contributed by atoms with Crippen molar-refractivity contribution >= 4 is 27.3 Å². The molecule has 4 rings (SSSR count). The number of para-hydroxylation sites is 1. The van der Waals surface area contributed by atoms with Gasteiger partial charge in [-0.2, -0.15) is 0 Å². The largest absolute Gasteiger partial charge is 0.342 e. The second-order valence-electron chi connectivity index (χ2n) is 8.55. The summed E-state index contributed by atoms with van der Waals surface area (Å²) >= 11 is 0. The van der Waals surface area contributed by atoms with E-state index in [4.69, 9.17) is 0 Å². The van der Waals surface area contributed by atoms with Crippen molar-refractivity contribution in [2.75, 3.05) is 24.2 Å². The third-order valence-electron chi connectivity index (χ3n) is 6.02. The molecule has 6 nitrogen and oxygen atoms in total. The van der Waals surface area contributed by atoms with E-state index in [1.54, 1.807) is 60.5 Å². The smallest absolute Gasteiger partial charge is 0.253 e. The molecule has 0 aromatic heterocycles. The van der Waals surface area contributed by atoms with Crippen molar-refractivity contribution < 1.29 is 18.0 Å². The van der Waals surface area contributed by atoms with Gasteiger partial charge in [0.2, 0.25) is 5.91 Å². The van der Waals surface area contributed by atoms with Gasteiger partial charge in [-0.15, -0.1) is 0 Å². The van der Waals surface area contributed by atoms with E-state index >= 15 is 0 Å². The number of nitrogens with zero attached hydrogens (tertiary/aromatic N) is 2. The predicted octanol–water partition coefficient (Wildman–Crippen LogP) is 4.24. The van der Waals surface area contributed by atoms with E-state index in [9.17, 15) is 18.0 Å². The number of unbranched alkanes of at least 4 members (excludes halogenated alkanes) is 1. The molecular formula is C27H28N2O4S. The minimum atomic E-state index is -3.74. The van der Waals surface area contributed by atoms with Crippen LogP contribution < -0.4 is 4.90 Å². The van der Waals surface area contributed by atoms with Crippen LogP contribution in [0.5, 0.6) is 0 Å². The first-order valence-electron chi connectivity index (χ1n) is 11.3. The molecule has 0 aliphatic carbocycles. The summed E-state index contributed by atoms with van der Waals surface area (Å²) in [6.07, 6.45) is 2.79. The van der Waals surface area contributed by atoms with E-state index in [2.05, 4.69) is 12.1 Å². The van der Waals surface area contributed by atoms with Gasteiger partial charge < -0.3 is 4.90 Å².